The average Bonchev–Trinajstić information content (AvgIpc) is 2.20. The molecule has 0 aromatic heterocycles. The van der Waals surface area contributed by atoms with Gasteiger partial charge in [0.15, 0.2) is 0 Å². The third-order valence-electron chi connectivity index (χ3n) is 2.42. The van der Waals surface area contributed by atoms with Crippen molar-refractivity contribution in [1.29, 1.82) is 0 Å². The van der Waals surface area contributed by atoms with Gasteiger partial charge in [-0.3, -0.25) is 15.1 Å². The van der Waals surface area contributed by atoms with Crippen molar-refractivity contribution in [3.63, 3.8) is 0 Å². The van der Waals surface area contributed by atoms with E-state index in [0.29, 0.717) is 0 Å². The summed E-state index contributed by atoms with van der Waals surface area (Å²) < 4.78 is 0. The smallest absolute Gasteiger partial charge is 0.255 e. The summed E-state index contributed by atoms with van der Waals surface area (Å²) in [6.07, 6.45) is 5.21. The summed E-state index contributed by atoms with van der Waals surface area (Å²) in [5.74, 6) is 4.91. The van der Waals surface area contributed by atoms with Crippen LogP contribution >= 0.6 is 0 Å². The van der Waals surface area contributed by atoms with Crippen LogP contribution in [0.1, 0.15) is 19.3 Å². The van der Waals surface area contributed by atoms with Crippen LogP contribution in [-0.2, 0) is 4.79 Å². The van der Waals surface area contributed by atoms with Crippen molar-refractivity contribution in [2.75, 3.05) is 13.1 Å². The van der Waals surface area contributed by atoms with E-state index in [4.69, 9.17) is 5.84 Å². The van der Waals surface area contributed by atoms with Crippen LogP contribution in [0.25, 0.3) is 0 Å². The first-order valence-electron chi connectivity index (χ1n) is 4.66. The van der Waals surface area contributed by atoms with E-state index in [9.17, 15) is 4.79 Å². The molecule has 0 bridgehead atoms. The van der Waals surface area contributed by atoms with Gasteiger partial charge in [-0.25, -0.2) is 5.84 Å². The molecule has 0 saturated carbocycles. The number of nitrogens with zero attached hydrogens (tertiary/aromatic N) is 1. The lowest BCUT2D eigenvalue weighted by Gasteiger charge is -2.31. The third kappa shape index (κ3) is 2.54. The Morgan fingerprint density at radius 2 is 2.08 bits per heavy atom. The van der Waals surface area contributed by atoms with E-state index in [1.54, 1.807) is 6.08 Å². The van der Waals surface area contributed by atoms with E-state index in [1.165, 1.54) is 6.42 Å². The van der Waals surface area contributed by atoms with Crippen molar-refractivity contribution in [2.24, 2.45) is 5.84 Å². The summed E-state index contributed by atoms with van der Waals surface area (Å²) >= 11 is 0. The van der Waals surface area contributed by atoms with Crippen LogP contribution in [0.2, 0.25) is 0 Å². The summed E-state index contributed by atoms with van der Waals surface area (Å²) in [7, 11) is 0. The number of piperidine rings is 1. The molecule has 1 unspecified atom stereocenters. The molecule has 1 saturated heterocycles. The first-order valence-corrected chi connectivity index (χ1v) is 4.66. The number of likely N-dealkylation sites (tertiary alicyclic amines) is 1. The molecule has 13 heavy (non-hydrogen) atoms. The predicted molar refractivity (Wildman–Crippen MR) is 51.7 cm³/mol. The molecule has 1 aliphatic rings. The summed E-state index contributed by atoms with van der Waals surface area (Å²) in [5, 5.41) is 0. The van der Waals surface area contributed by atoms with Crippen LogP contribution in [0.5, 0.6) is 0 Å². The van der Waals surface area contributed by atoms with E-state index in [2.05, 4.69) is 16.9 Å². The number of nitrogens with one attached hydrogen (secondary N) is 1. The van der Waals surface area contributed by atoms with Crippen LogP contribution in [0.3, 0.4) is 0 Å². The predicted octanol–water partition coefficient (Wildman–Crippen LogP) is 0.0168. The SMILES string of the molecule is C=CC(C(=O)NN)N1CCCCC1. The van der Waals surface area contributed by atoms with Gasteiger partial charge in [0.1, 0.15) is 6.04 Å². The van der Waals surface area contributed by atoms with Gasteiger partial charge in [0.25, 0.3) is 5.91 Å². The van der Waals surface area contributed by atoms with Gasteiger partial charge in [-0.2, -0.15) is 0 Å². The molecule has 3 N–H and O–H groups in total. The molecule has 1 atom stereocenters. The van der Waals surface area contributed by atoms with Gasteiger partial charge < -0.3 is 0 Å². The second-order valence-corrected chi connectivity index (χ2v) is 3.29. The van der Waals surface area contributed by atoms with Crippen LogP contribution in [0.4, 0.5) is 0 Å². The monoisotopic (exact) mass is 183 g/mol. The van der Waals surface area contributed by atoms with Crippen molar-refractivity contribution in [1.82, 2.24) is 10.3 Å². The molecule has 74 valence electrons. The molecule has 1 heterocycles. The average molecular weight is 183 g/mol. The summed E-state index contributed by atoms with van der Waals surface area (Å²) in [6.45, 7) is 5.57. The van der Waals surface area contributed by atoms with E-state index >= 15 is 0 Å². The normalized spacial score (nSPS) is 20.7. The molecule has 1 rings (SSSR count). The number of amides is 1. The van der Waals surface area contributed by atoms with E-state index in [1.807, 2.05) is 0 Å². The lowest BCUT2D eigenvalue weighted by atomic mass is 10.1. The quantitative estimate of drug-likeness (QED) is 0.280. The van der Waals surface area contributed by atoms with Crippen molar-refractivity contribution >= 4 is 5.91 Å². The number of nitrogens with two attached hydrogens (primary N) is 1. The second-order valence-electron chi connectivity index (χ2n) is 3.29. The molecular weight excluding hydrogens is 166 g/mol. The van der Waals surface area contributed by atoms with E-state index < -0.39 is 0 Å². The number of rotatable bonds is 3. The van der Waals surface area contributed by atoms with E-state index in [0.717, 1.165) is 25.9 Å². The fourth-order valence-electron chi connectivity index (χ4n) is 1.70. The number of hydrogen-bond donors (Lipinski definition) is 2. The fourth-order valence-corrected chi connectivity index (χ4v) is 1.70. The Hall–Kier alpha value is -0.870. The zero-order chi connectivity index (χ0) is 9.68. The van der Waals surface area contributed by atoms with Crippen LogP contribution in [0, 0.1) is 0 Å². The molecule has 1 amide bonds. The van der Waals surface area contributed by atoms with Crippen molar-refractivity contribution in [3.8, 4) is 0 Å². The molecule has 0 aromatic rings. The van der Waals surface area contributed by atoms with Gasteiger partial charge in [0.05, 0.1) is 0 Å². The molecule has 4 heteroatoms. The molecule has 1 fully saturated rings. The van der Waals surface area contributed by atoms with E-state index in [-0.39, 0.29) is 11.9 Å². The Labute approximate surface area is 78.7 Å². The zero-order valence-corrected chi connectivity index (χ0v) is 7.83. The number of carbonyl (C=O) groups is 1. The molecule has 0 aliphatic carbocycles. The minimum absolute atomic E-state index is 0.170. The highest BCUT2D eigenvalue weighted by Gasteiger charge is 2.23. The lowest BCUT2D eigenvalue weighted by molar-refractivity contribution is -0.125. The zero-order valence-electron chi connectivity index (χ0n) is 7.83. The highest BCUT2D eigenvalue weighted by Crippen LogP contribution is 2.12. The van der Waals surface area contributed by atoms with Crippen LogP contribution in [0.15, 0.2) is 12.7 Å². The summed E-state index contributed by atoms with van der Waals surface area (Å²) in [5.41, 5.74) is 2.16. The minimum atomic E-state index is -0.259. The highest BCUT2D eigenvalue weighted by atomic mass is 16.2. The van der Waals surface area contributed by atoms with Gasteiger partial charge in [0.2, 0.25) is 0 Å². The van der Waals surface area contributed by atoms with Crippen molar-refractivity contribution < 1.29 is 4.79 Å². The molecule has 0 aromatic carbocycles. The Bertz CT molecular complexity index is 187. The fraction of sp³-hybridized carbons (Fsp3) is 0.667. The maximum absolute atomic E-state index is 11.3. The van der Waals surface area contributed by atoms with Crippen molar-refractivity contribution in [3.05, 3.63) is 12.7 Å². The maximum atomic E-state index is 11.3. The summed E-state index contributed by atoms with van der Waals surface area (Å²) in [6, 6.07) is -0.259. The minimum Gasteiger partial charge on any atom is -0.293 e. The Morgan fingerprint density at radius 3 is 2.54 bits per heavy atom. The van der Waals surface area contributed by atoms with Gasteiger partial charge in [0, 0.05) is 0 Å². The van der Waals surface area contributed by atoms with Gasteiger partial charge in [-0.15, -0.1) is 6.58 Å². The largest absolute Gasteiger partial charge is 0.293 e. The molecule has 1 aliphatic heterocycles. The van der Waals surface area contributed by atoms with Crippen LogP contribution in [-0.4, -0.2) is 29.9 Å². The number of carbonyl (C=O) groups excluding carboxylic acids is 1. The topological polar surface area (TPSA) is 58.4 Å². The Kier molecular flexibility index (Phi) is 3.92. The number of hydrazine groups is 1. The lowest BCUT2D eigenvalue weighted by Crippen LogP contribution is -2.49. The van der Waals surface area contributed by atoms with Crippen molar-refractivity contribution in [2.45, 2.75) is 25.3 Å². The maximum Gasteiger partial charge on any atom is 0.255 e. The summed E-state index contributed by atoms with van der Waals surface area (Å²) in [4.78, 5) is 13.4. The van der Waals surface area contributed by atoms with Gasteiger partial charge >= 0.3 is 0 Å². The number of hydrogen-bond acceptors (Lipinski definition) is 3. The Morgan fingerprint density at radius 1 is 1.46 bits per heavy atom. The van der Waals surface area contributed by atoms with Gasteiger partial charge in [-0.1, -0.05) is 12.5 Å². The van der Waals surface area contributed by atoms with Gasteiger partial charge in [-0.05, 0) is 25.9 Å². The third-order valence-corrected chi connectivity index (χ3v) is 2.42. The highest BCUT2D eigenvalue weighted by molar-refractivity contribution is 5.83. The molecule has 0 spiro atoms. The Balaban J connectivity index is 2.53. The standard InChI is InChI=1S/C9H17N3O/c1-2-8(9(13)11-10)12-6-4-3-5-7-12/h2,8H,1,3-7,10H2,(H,11,13). The molecular formula is C9H17N3O. The van der Waals surface area contributed by atoms with Crippen LogP contribution < -0.4 is 11.3 Å². The first kappa shape index (κ1) is 10.2. The first-order chi connectivity index (χ1) is 6.29. The second kappa shape index (κ2) is 4.99. The molecule has 0 radical (unpaired) electrons. The molecule has 4 nitrogen and oxygen atoms in total.